The Morgan fingerprint density at radius 2 is 1.96 bits per heavy atom. The average molecular weight is 360 g/mol. The van der Waals surface area contributed by atoms with Crippen LogP contribution in [0.3, 0.4) is 0 Å². The van der Waals surface area contributed by atoms with Crippen LogP contribution in [0.1, 0.15) is 16.4 Å². The molecule has 4 heterocycles. The van der Waals surface area contributed by atoms with Gasteiger partial charge in [0.05, 0.1) is 24.8 Å². The standard InChI is InChI=1S/C17H20N4O3S/c1-25-16-13(4-2-5-18-16)17(22)20-8-14-15(9-20)24-11-12(10-23-14)21-7-3-6-19-21/h2-7,12,14-15H,8-11H2,1H3/t14-,15-/m0/s1. The molecule has 2 aliphatic heterocycles. The van der Waals surface area contributed by atoms with E-state index in [1.807, 2.05) is 29.3 Å². The topological polar surface area (TPSA) is 69.5 Å². The van der Waals surface area contributed by atoms with Crippen LogP contribution in [0.4, 0.5) is 0 Å². The van der Waals surface area contributed by atoms with Crippen molar-refractivity contribution >= 4 is 17.7 Å². The van der Waals surface area contributed by atoms with Gasteiger partial charge in [0, 0.05) is 31.7 Å². The van der Waals surface area contributed by atoms with Gasteiger partial charge in [-0.3, -0.25) is 9.48 Å². The van der Waals surface area contributed by atoms with Crippen molar-refractivity contribution in [3.8, 4) is 0 Å². The lowest BCUT2D eigenvalue weighted by Crippen LogP contribution is -2.31. The molecule has 0 bridgehead atoms. The molecule has 25 heavy (non-hydrogen) atoms. The number of pyridine rings is 1. The fourth-order valence-corrected chi connectivity index (χ4v) is 3.82. The second-order valence-corrected chi connectivity index (χ2v) is 6.95. The van der Waals surface area contributed by atoms with Crippen LogP contribution in [0, 0.1) is 0 Å². The molecule has 2 fully saturated rings. The van der Waals surface area contributed by atoms with Crippen LogP contribution in [0.15, 0.2) is 41.8 Å². The van der Waals surface area contributed by atoms with E-state index in [-0.39, 0.29) is 24.2 Å². The highest BCUT2D eigenvalue weighted by Gasteiger charge is 2.40. The molecule has 0 spiro atoms. The van der Waals surface area contributed by atoms with E-state index in [2.05, 4.69) is 10.1 Å². The summed E-state index contributed by atoms with van der Waals surface area (Å²) in [4.78, 5) is 18.9. The van der Waals surface area contributed by atoms with E-state index in [1.165, 1.54) is 11.8 Å². The van der Waals surface area contributed by atoms with Crippen LogP contribution >= 0.6 is 11.8 Å². The molecule has 4 rings (SSSR count). The second-order valence-electron chi connectivity index (χ2n) is 6.15. The first-order chi connectivity index (χ1) is 12.3. The zero-order valence-corrected chi connectivity index (χ0v) is 14.8. The predicted molar refractivity (Wildman–Crippen MR) is 92.7 cm³/mol. The van der Waals surface area contributed by atoms with Gasteiger partial charge >= 0.3 is 0 Å². The number of hydrogen-bond acceptors (Lipinski definition) is 6. The summed E-state index contributed by atoms with van der Waals surface area (Å²) in [6.45, 7) is 2.15. The fraction of sp³-hybridized carbons (Fsp3) is 0.471. The first-order valence-corrected chi connectivity index (χ1v) is 9.49. The van der Waals surface area contributed by atoms with Crippen molar-refractivity contribution in [2.45, 2.75) is 23.3 Å². The fourth-order valence-electron chi connectivity index (χ4n) is 3.28. The zero-order chi connectivity index (χ0) is 17.2. The summed E-state index contributed by atoms with van der Waals surface area (Å²) in [5.74, 6) is -0.0126. The van der Waals surface area contributed by atoms with Crippen LogP contribution in [0.25, 0.3) is 0 Å². The van der Waals surface area contributed by atoms with Crippen molar-refractivity contribution in [2.75, 3.05) is 32.6 Å². The van der Waals surface area contributed by atoms with Gasteiger partial charge in [0.25, 0.3) is 5.91 Å². The van der Waals surface area contributed by atoms with Crippen molar-refractivity contribution in [2.24, 2.45) is 0 Å². The molecule has 7 nitrogen and oxygen atoms in total. The molecule has 0 aromatic carbocycles. The number of fused-ring (bicyclic) bond motifs is 1. The van der Waals surface area contributed by atoms with E-state index in [9.17, 15) is 4.79 Å². The van der Waals surface area contributed by atoms with Gasteiger partial charge in [-0.1, -0.05) is 0 Å². The first-order valence-electron chi connectivity index (χ1n) is 8.27. The highest BCUT2D eigenvalue weighted by molar-refractivity contribution is 7.98. The maximum Gasteiger partial charge on any atom is 0.256 e. The first kappa shape index (κ1) is 16.6. The van der Waals surface area contributed by atoms with Crippen LogP contribution in [-0.2, 0) is 9.47 Å². The summed E-state index contributed by atoms with van der Waals surface area (Å²) in [6.07, 6.45) is 7.11. The van der Waals surface area contributed by atoms with Gasteiger partial charge < -0.3 is 14.4 Å². The summed E-state index contributed by atoms with van der Waals surface area (Å²) in [7, 11) is 0. The van der Waals surface area contributed by atoms with Gasteiger partial charge in [-0.05, 0) is 24.5 Å². The summed E-state index contributed by atoms with van der Waals surface area (Å²) < 4.78 is 13.9. The molecular weight excluding hydrogens is 340 g/mol. The highest BCUT2D eigenvalue weighted by atomic mass is 32.2. The van der Waals surface area contributed by atoms with Crippen LogP contribution in [0.2, 0.25) is 0 Å². The Labute approximate surface area is 150 Å². The van der Waals surface area contributed by atoms with E-state index in [0.29, 0.717) is 31.9 Å². The molecule has 0 unspecified atom stereocenters. The number of rotatable bonds is 3. The van der Waals surface area contributed by atoms with Crippen molar-refractivity contribution < 1.29 is 14.3 Å². The lowest BCUT2D eigenvalue weighted by atomic mass is 10.2. The highest BCUT2D eigenvalue weighted by Crippen LogP contribution is 2.26. The van der Waals surface area contributed by atoms with E-state index >= 15 is 0 Å². The quantitative estimate of drug-likeness (QED) is 0.773. The largest absolute Gasteiger partial charge is 0.371 e. The molecule has 0 saturated carbocycles. The monoisotopic (exact) mass is 360 g/mol. The van der Waals surface area contributed by atoms with E-state index < -0.39 is 0 Å². The molecule has 2 aromatic heterocycles. The van der Waals surface area contributed by atoms with Gasteiger partial charge in [0.1, 0.15) is 17.2 Å². The Hall–Kier alpha value is -1.90. The molecule has 8 heteroatoms. The number of nitrogens with zero attached hydrogens (tertiary/aromatic N) is 4. The minimum absolute atomic E-state index is 0.0126. The van der Waals surface area contributed by atoms with Crippen molar-refractivity contribution in [3.05, 3.63) is 42.4 Å². The number of likely N-dealkylation sites (tertiary alicyclic amines) is 1. The maximum absolute atomic E-state index is 12.9. The lowest BCUT2D eigenvalue weighted by Gasteiger charge is -2.19. The third-order valence-corrected chi connectivity index (χ3v) is 5.31. The molecule has 2 saturated heterocycles. The van der Waals surface area contributed by atoms with E-state index in [4.69, 9.17) is 9.47 Å². The number of carbonyl (C=O) groups is 1. The zero-order valence-electron chi connectivity index (χ0n) is 13.9. The maximum atomic E-state index is 12.9. The average Bonchev–Trinajstić information content (AvgIpc) is 3.28. The van der Waals surface area contributed by atoms with E-state index in [0.717, 1.165) is 5.03 Å². The molecule has 2 aliphatic rings. The molecule has 2 atom stereocenters. The van der Waals surface area contributed by atoms with Crippen LogP contribution < -0.4 is 0 Å². The third kappa shape index (κ3) is 3.29. The van der Waals surface area contributed by atoms with Gasteiger partial charge in [0.15, 0.2) is 0 Å². The van der Waals surface area contributed by atoms with Crippen molar-refractivity contribution in [1.82, 2.24) is 19.7 Å². The Morgan fingerprint density at radius 3 is 2.60 bits per heavy atom. The van der Waals surface area contributed by atoms with E-state index in [1.54, 1.807) is 23.4 Å². The van der Waals surface area contributed by atoms with Crippen molar-refractivity contribution in [1.29, 1.82) is 0 Å². The number of carbonyl (C=O) groups excluding carboxylic acids is 1. The molecule has 0 N–H and O–H groups in total. The molecule has 2 aromatic rings. The predicted octanol–water partition coefficient (Wildman–Crippen LogP) is 1.48. The number of ether oxygens (including phenoxy) is 2. The van der Waals surface area contributed by atoms with Crippen molar-refractivity contribution in [3.63, 3.8) is 0 Å². The van der Waals surface area contributed by atoms with Crippen LogP contribution in [0.5, 0.6) is 0 Å². The summed E-state index contributed by atoms with van der Waals surface area (Å²) in [5.41, 5.74) is 0.640. The summed E-state index contributed by atoms with van der Waals surface area (Å²) in [5, 5.41) is 5.01. The Kier molecular flexibility index (Phi) is 4.74. The van der Waals surface area contributed by atoms with Gasteiger partial charge in [0.2, 0.25) is 0 Å². The molecule has 132 valence electrons. The minimum atomic E-state index is -0.0982. The van der Waals surface area contributed by atoms with Gasteiger partial charge in [-0.25, -0.2) is 4.98 Å². The molecule has 1 amide bonds. The molecule has 0 radical (unpaired) electrons. The number of amides is 1. The van der Waals surface area contributed by atoms with Gasteiger partial charge in [-0.15, -0.1) is 11.8 Å². The normalized spacial score (nSPS) is 24.1. The summed E-state index contributed by atoms with van der Waals surface area (Å²) in [6, 6.07) is 5.59. The smallest absolute Gasteiger partial charge is 0.256 e. The van der Waals surface area contributed by atoms with Crippen LogP contribution in [-0.4, -0.2) is 70.3 Å². The Morgan fingerprint density at radius 1 is 1.20 bits per heavy atom. The number of aromatic nitrogens is 3. The Balaban J connectivity index is 1.43. The molecular formula is C17H20N4O3S. The summed E-state index contributed by atoms with van der Waals surface area (Å²) >= 11 is 1.48. The number of thioether (sulfide) groups is 1. The third-order valence-electron chi connectivity index (χ3n) is 4.60. The SMILES string of the molecule is CSc1ncccc1C(=O)N1C[C@@H]2OCC(n3cccn3)CO[C@H]2C1. The minimum Gasteiger partial charge on any atom is -0.371 e. The number of hydrogen-bond donors (Lipinski definition) is 0. The lowest BCUT2D eigenvalue weighted by molar-refractivity contribution is -0.00461. The Bertz CT molecular complexity index is 723. The second kappa shape index (κ2) is 7.15. The van der Waals surface area contributed by atoms with Gasteiger partial charge in [-0.2, -0.15) is 5.10 Å². The molecule has 0 aliphatic carbocycles.